The zero-order valence-electron chi connectivity index (χ0n) is 9.64. The van der Waals surface area contributed by atoms with Gasteiger partial charge in [-0.15, -0.1) is 0 Å². The van der Waals surface area contributed by atoms with Gasteiger partial charge in [0.1, 0.15) is 0 Å². The van der Waals surface area contributed by atoms with Crippen LogP contribution in [0.2, 0.25) is 0 Å². The van der Waals surface area contributed by atoms with Gasteiger partial charge >= 0.3 is 0 Å². The van der Waals surface area contributed by atoms with Crippen LogP contribution < -0.4 is 10.6 Å². The molecular weight excluding hydrogens is 196 g/mol. The molecule has 0 bridgehead atoms. The Morgan fingerprint density at radius 2 is 2.07 bits per heavy atom. The number of carbonyl (C=O) groups excluding carboxylic acids is 1. The number of thioether (sulfide) groups is 1. The van der Waals surface area contributed by atoms with Crippen LogP contribution in [0.4, 0.5) is 0 Å². The van der Waals surface area contributed by atoms with Crippen LogP contribution in [0.5, 0.6) is 0 Å². The maximum absolute atomic E-state index is 11.6. The number of nitrogens with one attached hydrogen (secondary N) is 2. The summed E-state index contributed by atoms with van der Waals surface area (Å²) in [6.07, 6.45) is 3.11. The van der Waals surface area contributed by atoms with E-state index in [2.05, 4.69) is 16.9 Å². The second-order valence-corrected chi connectivity index (χ2v) is 4.74. The highest BCUT2D eigenvalue weighted by Gasteiger charge is 2.25. The van der Waals surface area contributed by atoms with Gasteiger partial charge in [0.05, 0.1) is 5.54 Å². The van der Waals surface area contributed by atoms with Gasteiger partial charge in [0.2, 0.25) is 5.91 Å². The average Bonchev–Trinajstić information content (AvgIpc) is 2.12. The van der Waals surface area contributed by atoms with Crippen molar-refractivity contribution in [3.8, 4) is 0 Å². The van der Waals surface area contributed by atoms with Crippen LogP contribution in [0, 0.1) is 0 Å². The van der Waals surface area contributed by atoms with E-state index in [9.17, 15) is 4.79 Å². The minimum atomic E-state index is -0.450. The van der Waals surface area contributed by atoms with Crippen molar-refractivity contribution < 1.29 is 4.79 Å². The van der Waals surface area contributed by atoms with Crippen LogP contribution in [-0.2, 0) is 4.79 Å². The van der Waals surface area contributed by atoms with Gasteiger partial charge in [-0.2, -0.15) is 11.8 Å². The molecule has 0 heterocycles. The summed E-state index contributed by atoms with van der Waals surface area (Å²) in [6, 6.07) is 0. The van der Waals surface area contributed by atoms with Crippen LogP contribution in [-0.4, -0.2) is 36.5 Å². The number of carbonyl (C=O) groups is 1. The van der Waals surface area contributed by atoms with Gasteiger partial charge in [-0.1, -0.05) is 6.92 Å². The summed E-state index contributed by atoms with van der Waals surface area (Å²) >= 11 is 1.80. The van der Waals surface area contributed by atoms with Crippen LogP contribution in [0.25, 0.3) is 0 Å². The van der Waals surface area contributed by atoms with Gasteiger partial charge in [0.25, 0.3) is 0 Å². The Kier molecular flexibility index (Phi) is 7.01. The topological polar surface area (TPSA) is 41.1 Å². The molecule has 0 saturated carbocycles. The lowest BCUT2D eigenvalue weighted by atomic mass is 10.0. The van der Waals surface area contributed by atoms with Crippen molar-refractivity contribution in [3.63, 3.8) is 0 Å². The SMILES string of the molecule is CCNC(C)(C)C(=O)NCCCSC. The largest absolute Gasteiger partial charge is 0.354 e. The number of likely N-dealkylation sites (N-methyl/N-ethyl adjacent to an activating group) is 1. The highest BCUT2D eigenvalue weighted by atomic mass is 32.2. The first-order valence-corrected chi connectivity index (χ1v) is 6.46. The van der Waals surface area contributed by atoms with E-state index < -0.39 is 5.54 Å². The molecule has 4 heteroatoms. The molecule has 0 aliphatic rings. The summed E-state index contributed by atoms with van der Waals surface area (Å²) < 4.78 is 0. The molecule has 0 unspecified atom stereocenters. The first kappa shape index (κ1) is 13.8. The third-order valence-electron chi connectivity index (χ3n) is 2.00. The van der Waals surface area contributed by atoms with Gasteiger partial charge in [-0.3, -0.25) is 4.79 Å². The van der Waals surface area contributed by atoms with E-state index in [0.29, 0.717) is 0 Å². The smallest absolute Gasteiger partial charge is 0.239 e. The molecule has 0 saturated heterocycles. The molecule has 1 amide bonds. The molecule has 84 valence electrons. The fourth-order valence-corrected chi connectivity index (χ4v) is 1.59. The quantitative estimate of drug-likeness (QED) is 0.632. The molecule has 0 aliphatic carbocycles. The Labute approximate surface area is 91.4 Å². The molecule has 0 aromatic heterocycles. The Morgan fingerprint density at radius 1 is 1.43 bits per heavy atom. The fourth-order valence-electron chi connectivity index (χ4n) is 1.16. The Bertz CT molecular complexity index is 172. The van der Waals surface area contributed by atoms with Crippen molar-refractivity contribution in [2.75, 3.05) is 25.1 Å². The standard InChI is InChI=1S/C10H22N2OS/c1-5-12-10(2,3)9(13)11-7-6-8-14-4/h12H,5-8H2,1-4H3,(H,11,13). The third-order valence-corrected chi connectivity index (χ3v) is 2.69. The van der Waals surface area contributed by atoms with Crippen molar-refractivity contribution in [3.05, 3.63) is 0 Å². The molecule has 14 heavy (non-hydrogen) atoms. The molecule has 0 atom stereocenters. The lowest BCUT2D eigenvalue weighted by Crippen LogP contribution is -2.52. The van der Waals surface area contributed by atoms with Crippen molar-refractivity contribution in [1.29, 1.82) is 0 Å². The van der Waals surface area contributed by atoms with Gasteiger partial charge in [0.15, 0.2) is 0 Å². The summed E-state index contributed by atoms with van der Waals surface area (Å²) in [5.74, 6) is 1.18. The highest BCUT2D eigenvalue weighted by molar-refractivity contribution is 7.98. The van der Waals surface area contributed by atoms with Gasteiger partial charge in [0, 0.05) is 6.54 Å². The van der Waals surface area contributed by atoms with E-state index in [4.69, 9.17) is 0 Å². The second kappa shape index (κ2) is 7.12. The normalized spacial score (nSPS) is 11.4. The minimum absolute atomic E-state index is 0.0838. The monoisotopic (exact) mass is 218 g/mol. The molecule has 0 aromatic carbocycles. The Balaban J connectivity index is 3.71. The molecule has 0 aliphatic heterocycles. The lowest BCUT2D eigenvalue weighted by molar-refractivity contribution is -0.126. The maximum atomic E-state index is 11.6. The number of amides is 1. The molecule has 0 aromatic rings. The van der Waals surface area contributed by atoms with E-state index in [0.717, 1.165) is 25.3 Å². The van der Waals surface area contributed by atoms with Crippen LogP contribution in [0.3, 0.4) is 0 Å². The molecule has 0 radical (unpaired) electrons. The Morgan fingerprint density at radius 3 is 2.57 bits per heavy atom. The predicted molar refractivity (Wildman–Crippen MR) is 63.8 cm³/mol. The summed E-state index contributed by atoms with van der Waals surface area (Å²) in [5.41, 5.74) is -0.450. The lowest BCUT2D eigenvalue weighted by Gasteiger charge is -2.24. The maximum Gasteiger partial charge on any atom is 0.239 e. The van der Waals surface area contributed by atoms with Crippen molar-refractivity contribution in [1.82, 2.24) is 10.6 Å². The molecule has 0 rings (SSSR count). The Hall–Kier alpha value is -0.220. The van der Waals surface area contributed by atoms with Crippen molar-refractivity contribution in [2.24, 2.45) is 0 Å². The molecular formula is C10H22N2OS. The summed E-state index contributed by atoms with van der Waals surface area (Å²) in [7, 11) is 0. The molecule has 2 N–H and O–H groups in total. The van der Waals surface area contributed by atoms with Crippen LogP contribution in [0.1, 0.15) is 27.2 Å². The third kappa shape index (κ3) is 5.50. The van der Waals surface area contributed by atoms with E-state index in [-0.39, 0.29) is 5.91 Å². The van der Waals surface area contributed by atoms with E-state index >= 15 is 0 Å². The predicted octanol–water partition coefficient (Wildman–Crippen LogP) is 1.24. The highest BCUT2D eigenvalue weighted by Crippen LogP contribution is 2.01. The fraction of sp³-hybridized carbons (Fsp3) is 0.900. The van der Waals surface area contributed by atoms with Gasteiger partial charge < -0.3 is 10.6 Å². The number of hydrogen-bond donors (Lipinski definition) is 2. The number of rotatable bonds is 7. The van der Waals surface area contributed by atoms with Gasteiger partial charge in [-0.25, -0.2) is 0 Å². The minimum Gasteiger partial charge on any atom is -0.354 e. The summed E-state index contributed by atoms with van der Waals surface area (Å²) in [4.78, 5) is 11.6. The van der Waals surface area contributed by atoms with Crippen LogP contribution >= 0.6 is 11.8 Å². The zero-order chi connectivity index (χ0) is 11.0. The first-order valence-electron chi connectivity index (χ1n) is 5.07. The first-order chi connectivity index (χ1) is 6.54. The molecule has 0 spiro atoms. The van der Waals surface area contributed by atoms with E-state index in [1.807, 2.05) is 20.8 Å². The summed E-state index contributed by atoms with van der Waals surface area (Å²) in [6.45, 7) is 7.39. The summed E-state index contributed by atoms with van der Waals surface area (Å²) in [5, 5.41) is 6.07. The second-order valence-electron chi connectivity index (χ2n) is 3.76. The van der Waals surface area contributed by atoms with Crippen LogP contribution in [0.15, 0.2) is 0 Å². The van der Waals surface area contributed by atoms with E-state index in [1.165, 1.54) is 0 Å². The zero-order valence-corrected chi connectivity index (χ0v) is 10.5. The van der Waals surface area contributed by atoms with Gasteiger partial charge in [-0.05, 0) is 38.8 Å². The van der Waals surface area contributed by atoms with Crippen molar-refractivity contribution in [2.45, 2.75) is 32.7 Å². The van der Waals surface area contributed by atoms with E-state index in [1.54, 1.807) is 11.8 Å². The number of hydrogen-bond acceptors (Lipinski definition) is 3. The molecule has 3 nitrogen and oxygen atoms in total. The average molecular weight is 218 g/mol. The van der Waals surface area contributed by atoms with Crippen molar-refractivity contribution >= 4 is 17.7 Å². The molecule has 0 fully saturated rings.